The van der Waals surface area contributed by atoms with Gasteiger partial charge in [-0.25, -0.2) is 0 Å². The number of anilines is 1. The maximum atomic E-state index is 10.4. The highest BCUT2D eigenvalue weighted by molar-refractivity contribution is 5.53. The van der Waals surface area contributed by atoms with E-state index in [0.717, 1.165) is 0 Å². The predicted octanol–water partition coefficient (Wildman–Crippen LogP) is 2.36. The monoisotopic (exact) mass is 231 g/mol. The molecule has 86 valence electrons. The van der Waals surface area contributed by atoms with E-state index in [2.05, 4.69) is 4.98 Å². The molecule has 6 heteroatoms. The fourth-order valence-electron chi connectivity index (χ4n) is 1.24. The molecule has 0 aliphatic carbocycles. The van der Waals surface area contributed by atoms with Crippen LogP contribution in [-0.4, -0.2) is 9.91 Å². The minimum Gasteiger partial charge on any atom is -0.451 e. The molecule has 2 rings (SSSR count). The van der Waals surface area contributed by atoms with E-state index >= 15 is 0 Å². The first-order valence-electron chi connectivity index (χ1n) is 4.79. The van der Waals surface area contributed by atoms with Crippen LogP contribution in [0.25, 0.3) is 0 Å². The van der Waals surface area contributed by atoms with Crippen molar-refractivity contribution in [1.82, 2.24) is 4.98 Å². The Balaban J connectivity index is 2.20. The summed E-state index contributed by atoms with van der Waals surface area (Å²) < 4.78 is 5.43. The smallest absolute Gasteiger partial charge is 0.363 e. The van der Waals surface area contributed by atoms with Gasteiger partial charge < -0.3 is 20.6 Å². The van der Waals surface area contributed by atoms with Crippen LogP contribution in [0.2, 0.25) is 0 Å². The number of hydrogen-bond donors (Lipinski definition) is 1. The van der Waals surface area contributed by atoms with E-state index in [1.807, 2.05) is 0 Å². The summed E-state index contributed by atoms with van der Waals surface area (Å²) >= 11 is 0. The number of nitrogen functional groups attached to an aromatic ring is 1. The van der Waals surface area contributed by atoms with Crippen LogP contribution >= 0.6 is 0 Å². The summed E-state index contributed by atoms with van der Waals surface area (Å²) in [6, 6.07) is 9.72. The molecule has 0 aliphatic rings. The first kappa shape index (κ1) is 10.9. The zero-order valence-corrected chi connectivity index (χ0v) is 8.74. The summed E-state index contributed by atoms with van der Waals surface area (Å²) in [6.07, 6.45) is 1.28. The van der Waals surface area contributed by atoms with Crippen molar-refractivity contribution in [2.75, 3.05) is 5.73 Å². The van der Waals surface area contributed by atoms with Gasteiger partial charge in [0.25, 0.3) is 0 Å². The summed E-state index contributed by atoms with van der Waals surface area (Å²) in [6.45, 7) is 0. The lowest BCUT2D eigenvalue weighted by atomic mass is 10.3. The van der Waals surface area contributed by atoms with Gasteiger partial charge in [-0.15, -0.1) is 0 Å². The van der Waals surface area contributed by atoms with Gasteiger partial charge in [0.15, 0.2) is 17.7 Å². The van der Waals surface area contributed by atoms with Gasteiger partial charge in [-0.3, -0.25) is 0 Å². The quantitative estimate of drug-likeness (QED) is 0.497. The second-order valence-electron chi connectivity index (χ2n) is 3.25. The number of benzene rings is 1. The lowest BCUT2D eigenvalue weighted by molar-refractivity contribution is -0.389. The number of para-hydroxylation sites is 2. The van der Waals surface area contributed by atoms with E-state index in [4.69, 9.17) is 10.5 Å². The van der Waals surface area contributed by atoms with E-state index in [9.17, 15) is 10.1 Å². The molecule has 0 atom stereocenters. The molecule has 0 bridgehead atoms. The molecule has 0 amide bonds. The molecule has 17 heavy (non-hydrogen) atoms. The largest absolute Gasteiger partial charge is 0.451 e. The Hall–Kier alpha value is -2.63. The molecule has 2 aromatic rings. The fourth-order valence-corrected chi connectivity index (χ4v) is 1.24. The number of rotatable bonds is 3. The van der Waals surface area contributed by atoms with Gasteiger partial charge in [-0.2, -0.15) is 0 Å². The molecule has 0 saturated heterocycles. The van der Waals surface area contributed by atoms with Crippen molar-refractivity contribution in [3.05, 3.63) is 52.7 Å². The maximum Gasteiger partial charge on any atom is 0.363 e. The Morgan fingerprint density at radius 3 is 2.59 bits per heavy atom. The minimum absolute atomic E-state index is 0.224. The van der Waals surface area contributed by atoms with Gasteiger partial charge in [-0.05, 0) is 28.1 Å². The molecule has 1 aromatic heterocycles. The molecule has 0 unspecified atom stereocenters. The minimum atomic E-state index is -0.569. The number of hydrogen-bond acceptors (Lipinski definition) is 5. The zero-order chi connectivity index (χ0) is 12.3. The summed E-state index contributed by atoms with van der Waals surface area (Å²) in [5.74, 6) is 0.662. The van der Waals surface area contributed by atoms with E-state index in [1.165, 1.54) is 18.3 Å². The molecule has 2 N–H and O–H groups in total. The second kappa shape index (κ2) is 4.48. The SMILES string of the molecule is Nc1ccccc1Oc1ccc([N+](=O)[O-])nc1. The molecule has 0 saturated carbocycles. The van der Waals surface area contributed by atoms with Gasteiger partial charge in [0.05, 0.1) is 5.69 Å². The third-order valence-electron chi connectivity index (χ3n) is 2.05. The van der Waals surface area contributed by atoms with Gasteiger partial charge >= 0.3 is 5.82 Å². The van der Waals surface area contributed by atoms with Crippen LogP contribution in [-0.2, 0) is 0 Å². The second-order valence-corrected chi connectivity index (χ2v) is 3.25. The lowest BCUT2D eigenvalue weighted by Crippen LogP contribution is -1.94. The van der Waals surface area contributed by atoms with Crippen molar-refractivity contribution in [2.45, 2.75) is 0 Å². The van der Waals surface area contributed by atoms with Crippen molar-refractivity contribution in [3.63, 3.8) is 0 Å². The van der Waals surface area contributed by atoms with Crippen LogP contribution in [0, 0.1) is 10.1 Å². The molecule has 0 radical (unpaired) electrons. The van der Waals surface area contributed by atoms with E-state index in [0.29, 0.717) is 17.2 Å². The Labute approximate surface area is 96.8 Å². The Kier molecular flexibility index (Phi) is 2.87. The van der Waals surface area contributed by atoms with Crippen LogP contribution in [0.3, 0.4) is 0 Å². The molecule has 0 aliphatic heterocycles. The Morgan fingerprint density at radius 2 is 2.00 bits per heavy atom. The summed E-state index contributed by atoms with van der Waals surface area (Å²) in [7, 11) is 0. The number of nitrogens with zero attached hydrogens (tertiary/aromatic N) is 2. The van der Waals surface area contributed by atoms with E-state index in [-0.39, 0.29) is 5.82 Å². The van der Waals surface area contributed by atoms with Gasteiger partial charge in [0.2, 0.25) is 0 Å². The van der Waals surface area contributed by atoms with Crippen molar-refractivity contribution < 1.29 is 9.66 Å². The predicted molar refractivity (Wildman–Crippen MR) is 61.8 cm³/mol. The first-order chi connectivity index (χ1) is 8.16. The molecule has 6 nitrogen and oxygen atoms in total. The van der Waals surface area contributed by atoms with Crippen LogP contribution in [0.15, 0.2) is 42.6 Å². The fraction of sp³-hybridized carbons (Fsp3) is 0. The average Bonchev–Trinajstić information content (AvgIpc) is 2.33. The van der Waals surface area contributed by atoms with E-state index in [1.54, 1.807) is 24.3 Å². The molecular weight excluding hydrogens is 222 g/mol. The molecule has 0 fully saturated rings. The maximum absolute atomic E-state index is 10.4. The highest BCUT2D eigenvalue weighted by Gasteiger charge is 2.08. The van der Waals surface area contributed by atoms with Crippen molar-refractivity contribution >= 4 is 11.5 Å². The highest BCUT2D eigenvalue weighted by atomic mass is 16.6. The third-order valence-corrected chi connectivity index (χ3v) is 2.05. The zero-order valence-electron chi connectivity index (χ0n) is 8.74. The normalized spacial score (nSPS) is 9.88. The third kappa shape index (κ3) is 2.49. The Morgan fingerprint density at radius 1 is 1.24 bits per heavy atom. The van der Waals surface area contributed by atoms with Crippen LogP contribution in [0.1, 0.15) is 0 Å². The number of nitro groups is 1. The first-order valence-corrected chi connectivity index (χ1v) is 4.79. The lowest BCUT2D eigenvalue weighted by Gasteiger charge is -2.05. The average molecular weight is 231 g/mol. The number of nitrogens with two attached hydrogens (primary N) is 1. The van der Waals surface area contributed by atoms with E-state index < -0.39 is 4.92 Å². The molecule has 1 heterocycles. The molecular formula is C11H9N3O3. The van der Waals surface area contributed by atoms with Gasteiger partial charge in [0, 0.05) is 6.07 Å². The van der Waals surface area contributed by atoms with Crippen molar-refractivity contribution in [2.24, 2.45) is 0 Å². The molecule has 0 spiro atoms. The standard InChI is InChI=1S/C11H9N3O3/c12-9-3-1-2-4-10(9)17-8-5-6-11(13-7-8)14(15)16/h1-7H,12H2. The summed E-state index contributed by atoms with van der Waals surface area (Å²) in [5, 5.41) is 10.4. The molecule has 1 aromatic carbocycles. The number of aromatic nitrogens is 1. The van der Waals surface area contributed by atoms with Crippen molar-refractivity contribution in [1.29, 1.82) is 0 Å². The summed E-state index contributed by atoms with van der Waals surface area (Å²) in [5.41, 5.74) is 6.18. The van der Waals surface area contributed by atoms with Crippen LogP contribution in [0.5, 0.6) is 11.5 Å². The van der Waals surface area contributed by atoms with Crippen molar-refractivity contribution in [3.8, 4) is 11.5 Å². The highest BCUT2D eigenvalue weighted by Crippen LogP contribution is 2.26. The summed E-state index contributed by atoms with van der Waals surface area (Å²) in [4.78, 5) is 13.5. The van der Waals surface area contributed by atoms with Crippen LogP contribution in [0.4, 0.5) is 11.5 Å². The number of pyridine rings is 1. The van der Waals surface area contributed by atoms with Gasteiger partial charge in [0.1, 0.15) is 0 Å². The van der Waals surface area contributed by atoms with Crippen LogP contribution < -0.4 is 10.5 Å². The Bertz CT molecular complexity index is 540. The topological polar surface area (TPSA) is 91.3 Å². The number of ether oxygens (including phenoxy) is 1. The van der Waals surface area contributed by atoms with Gasteiger partial charge in [-0.1, -0.05) is 12.1 Å².